The van der Waals surface area contributed by atoms with E-state index in [9.17, 15) is 9.59 Å². The number of thioether (sulfide) groups is 1. The molecule has 3 heterocycles. The summed E-state index contributed by atoms with van der Waals surface area (Å²) in [5.41, 5.74) is 1.48. The Morgan fingerprint density at radius 3 is 2.59 bits per heavy atom. The highest BCUT2D eigenvalue weighted by molar-refractivity contribution is 8.18. The van der Waals surface area contributed by atoms with Crippen LogP contribution in [0.25, 0.3) is 6.08 Å². The van der Waals surface area contributed by atoms with Crippen LogP contribution >= 0.6 is 11.8 Å². The maximum atomic E-state index is 13.4. The summed E-state index contributed by atoms with van der Waals surface area (Å²) in [6, 6.07) is 21.3. The molecule has 10 heteroatoms. The van der Waals surface area contributed by atoms with Crippen molar-refractivity contribution in [3.63, 3.8) is 0 Å². The number of carboxylic acid groups (broad SMARTS) is 1. The molecule has 1 amide bonds. The number of carboxylic acids is 1. The molecule has 0 atom stereocenters. The molecular weight excluding hydrogens is 520 g/mol. The van der Waals surface area contributed by atoms with Crippen molar-refractivity contribution >= 4 is 40.6 Å². The summed E-state index contributed by atoms with van der Waals surface area (Å²) in [5.74, 6) is 0.482. The van der Waals surface area contributed by atoms with Gasteiger partial charge in [-0.25, -0.2) is 9.79 Å². The Labute approximate surface area is 228 Å². The second-order valence-electron chi connectivity index (χ2n) is 8.31. The molecule has 1 aliphatic rings. The number of rotatable bonds is 10. The van der Waals surface area contributed by atoms with Crippen molar-refractivity contribution in [2.24, 2.45) is 4.99 Å². The summed E-state index contributed by atoms with van der Waals surface area (Å²) in [4.78, 5) is 31.3. The number of carbonyl (C=O) groups is 2. The van der Waals surface area contributed by atoms with Gasteiger partial charge in [-0.3, -0.25) is 9.69 Å². The molecule has 0 saturated carbocycles. The maximum Gasteiger partial charge on any atom is 0.371 e. The van der Waals surface area contributed by atoms with E-state index in [1.165, 1.54) is 17.8 Å². The van der Waals surface area contributed by atoms with Crippen LogP contribution in [0.5, 0.6) is 11.5 Å². The Morgan fingerprint density at radius 1 is 1.03 bits per heavy atom. The number of para-hydroxylation sites is 1. The van der Waals surface area contributed by atoms with Crippen LogP contribution in [-0.4, -0.2) is 33.7 Å². The van der Waals surface area contributed by atoms with Gasteiger partial charge in [0.15, 0.2) is 16.7 Å². The molecule has 1 aliphatic heterocycles. The van der Waals surface area contributed by atoms with Gasteiger partial charge in [-0.1, -0.05) is 24.3 Å². The number of aromatic carboxylic acids is 1. The SMILES string of the molecule is CCOc1cc(C=C2SC(=Nc3ccccc3)N(Cc3ccco3)C2=O)ccc1OCc1ccc(C(=O)O)o1. The lowest BCUT2D eigenvalue weighted by molar-refractivity contribution is -0.122. The molecule has 0 spiro atoms. The van der Waals surface area contributed by atoms with Crippen LogP contribution in [0.3, 0.4) is 0 Å². The Bertz CT molecular complexity index is 1520. The topological polar surface area (TPSA) is 115 Å². The lowest BCUT2D eigenvalue weighted by Crippen LogP contribution is -2.28. The van der Waals surface area contributed by atoms with E-state index < -0.39 is 5.97 Å². The number of aliphatic imine (C=N–C) groups is 1. The van der Waals surface area contributed by atoms with E-state index in [4.69, 9.17) is 28.4 Å². The van der Waals surface area contributed by atoms with Gasteiger partial charge < -0.3 is 23.4 Å². The van der Waals surface area contributed by atoms with Crippen molar-refractivity contribution in [1.29, 1.82) is 0 Å². The van der Waals surface area contributed by atoms with Crippen molar-refractivity contribution in [2.75, 3.05) is 6.61 Å². The lowest BCUT2D eigenvalue weighted by Gasteiger charge is -2.14. The van der Waals surface area contributed by atoms with Crippen LogP contribution in [0, 0.1) is 0 Å². The van der Waals surface area contributed by atoms with E-state index in [2.05, 4.69) is 0 Å². The number of hydrogen-bond acceptors (Lipinski definition) is 8. The van der Waals surface area contributed by atoms with Crippen LogP contribution in [0.4, 0.5) is 5.69 Å². The average molecular weight is 545 g/mol. The number of carbonyl (C=O) groups excluding carboxylic acids is 1. The predicted molar refractivity (Wildman–Crippen MR) is 146 cm³/mol. The fraction of sp³-hybridized carbons (Fsp3) is 0.138. The number of amides is 1. The summed E-state index contributed by atoms with van der Waals surface area (Å²) in [5, 5.41) is 9.59. The van der Waals surface area contributed by atoms with Crippen molar-refractivity contribution in [2.45, 2.75) is 20.1 Å². The highest BCUT2D eigenvalue weighted by atomic mass is 32.2. The molecule has 1 N–H and O–H groups in total. The van der Waals surface area contributed by atoms with Crippen molar-refractivity contribution in [3.05, 3.63) is 107 Å². The molecule has 5 rings (SSSR count). The van der Waals surface area contributed by atoms with Crippen molar-refractivity contribution in [3.8, 4) is 11.5 Å². The quantitative estimate of drug-likeness (QED) is 0.230. The number of ether oxygens (including phenoxy) is 2. The zero-order valence-electron chi connectivity index (χ0n) is 20.9. The molecule has 0 unspecified atom stereocenters. The normalized spacial score (nSPS) is 15.3. The van der Waals surface area contributed by atoms with Gasteiger partial charge in [0.2, 0.25) is 5.76 Å². The van der Waals surface area contributed by atoms with Crippen LogP contribution in [-0.2, 0) is 17.9 Å². The number of furan rings is 2. The summed E-state index contributed by atoms with van der Waals surface area (Å²) in [6.45, 7) is 2.55. The first-order valence-electron chi connectivity index (χ1n) is 12.1. The number of hydrogen-bond donors (Lipinski definition) is 1. The van der Waals surface area contributed by atoms with Gasteiger partial charge in [0.05, 0.1) is 30.0 Å². The highest BCUT2D eigenvalue weighted by Gasteiger charge is 2.34. The molecule has 9 nitrogen and oxygen atoms in total. The summed E-state index contributed by atoms with van der Waals surface area (Å²) >= 11 is 1.29. The Morgan fingerprint density at radius 2 is 1.87 bits per heavy atom. The second-order valence-corrected chi connectivity index (χ2v) is 9.32. The third kappa shape index (κ3) is 6.24. The largest absolute Gasteiger partial charge is 0.490 e. The van der Waals surface area contributed by atoms with Gasteiger partial charge in [-0.2, -0.15) is 0 Å². The monoisotopic (exact) mass is 544 g/mol. The van der Waals surface area contributed by atoms with Gasteiger partial charge >= 0.3 is 5.97 Å². The Kier molecular flexibility index (Phi) is 7.83. The van der Waals surface area contributed by atoms with Gasteiger partial charge in [-0.05, 0) is 78.9 Å². The van der Waals surface area contributed by atoms with Crippen LogP contribution in [0.15, 0.2) is 97.8 Å². The smallest absolute Gasteiger partial charge is 0.371 e. The molecule has 39 heavy (non-hydrogen) atoms. The third-order valence-corrected chi connectivity index (χ3v) is 6.58. The Hall–Kier alpha value is -4.70. The highest BCUT2D eigenvalue weighted by Crippen LogP contribution is 2.37. The molecule has 4 aromatic rings. The van der Waals surface area contributed by atoms with Gasteiger partial charge in [0.1, 0.15) is 18.1 Å². The standard InChI is InChI=1S/C29H24N2O7S/c1-2-35-25-15-19(10-12-23(25)37-18-22-11-13-24(38-22)28(33)34)16-26-27(32)31(17-21-9-6-14-36-21)29(39-26)30-20-7-4-3-5-8-20/h3-16H,2,17-18H2,1H3,(H,33,34). The van der Waals surface area contributed by atoms with Gasteiger partial charge in [0.25, 0.3) is 5.91 Å². The zero-order chi connectivity index (χ0) is 27.2. The van der Waals surface area contributed by atoms with E-state index in [1.807, 2.05) is 49.4 Å². The van der Waals surface area contributed by atoms with Crippen LogP contribution in [0.1, 0.15) is 34.6 Å². The maximum absolute atomic E-state index is 13.4. The molecule has 198 valence electrons. The van der Waals surface area contributed by atoms with Crippen molar-refractivity contribution in [1.82, 2.24) is 4.90 Å². The van der Waals surface area contributed by atoms with E-state index >= 15 is 0 Å². The minimum Gasteiger partial charge on any atom is -0.490 e. The number of amidine groups is 1. The molecule has 2 aromatic carbocycles. The minimum absolute atomic E-state index is 0.0309. The fourth-order valence-corrected chi connectivity index (χ4v) is 4.77. The van der Waals surface area contributed by atoms with E-state index in [0.717, 1.165) is 11.3 Å². The second kappa shape index (κ2) is 11.8. The first kappa shape index (κ1) is 25.9. The molecule has 0 radical (unpaired) electrons. The number of benzene rings is 2. The van der Waals surface area contributed by atoms with Crippen LogP contribution in [0.2, 0.25) is 0 Å². The van der Waals surface area contributed by atoms with E-state index in [1.54, 1.807) is 41.5 Å². The summed E-state index contributed by atoms with van der Waals surface area (Å²) in [6.07, 6.45) is 3.36. The van der Waals surface area contributed by atoms with Crippen molar-refractivity contribution < 1.29 is 33.0 Å². The fourth-order valence-electron chi connectivity index (χ4n) is 3.77. The summed E-state index contributed by atoms with van der Waals surface area (Å²) < 4.78 is 22.3. The first-order valence-corrected chi connectivity index (χ1v) is 12.9. The molecule has 2 aromatic heterocycles. The molecule has 1 saturated heterocycles. The molecule has 1 fully saturated rings. The van der Waals surface area contributed by atoms with Crippen LogP contribution < -0.4 is 9.47 Å². The lowest BCUT2D eigenvalue weighted by atomic mass is 10.2. The Balaban J connectivity index is 1.39. The van der Waals surface area contributed by atoms with Gasteiger partial charge in [0, 0.05) is 0 Å². The van der Waals surface area contributed by atoms with E-state index in [-0.39, 0.29) is 24.8 Å². The first-order chi connectivity index (χ1) is 19.0. The predicted octanol–water partition coefficient (Wildman–Crippen LogP) is 6.35. The average Bonchev–Trinajstić information content (AvgIpc) is 3.68. The van der Waals surface area contributed by atoms with E-state index in [0.29, 0.717) is 39.7 Å². The zero-order valence-corrected chi connectivity index (χ0v) is 21.7. The van der Waals surface area contributed by atoms with Gasteiger partial charge in [-0.15, -0.1) is 0 Å². The minimum atomic E-state index is -1.15. The summed E-state index contributed by atoms with van der Waals surface area (Å²) in [7, 11) is 0. The number of nitrogens with zero attached hydrogens (tertiary/aromatic N) is 2. The molecule has 0 aliphatic carbocycles. The third-order valence-electron chi connectivity index (χ3n) is 5.57. The molecule has 0 bridgehead atoms. The molecular formula is C29H24N2O7S.